The summed E-state index contributed by atoms with van der Waals surface area (Å²) in [4.78, 5) is 11.0. The highest BCUT2D eigenvalue weighted by molar-refractivity contribution is 9.10. The third-order valence-corrected chi connectivity index (χ3v) is 3.60. The maximum atomic E-state index is 11.7. The Morgan fingerprint density at radius 3 is 2.61 bits per heavy atom. The van der Waals surface area contributed by atoms with Gasteiger partial charge in [0.2, 0.25) is 10.0 Å². The Morgan fingerprint density at radius 2 is 2.06 bits per heavy atom. The molecule has 0 saturated carbocycles. The monoisotopic (exact) mass is 337 g/mol. The van der Waals surface area contributed by atoms with Crippen LogP contribution in [0.4, 0.5) is 5.69 Å². The second-order valence-corrected chi connectivity index (χ2v) is 5.92. The summed E-state index contributed by atoms with van der Waals surface area (Å²) in [5.41, 5.74) is 0.246. The van der Waals surface area contributed by atoms with Crippen LogP contribution in [0.1, 0.15) is 0 Å². The predicted molar refractivity (Wildman–Crippen MR) is 70.1 cm³/mol. The van der Waals surface area contributed by atoms with Crippen molar-refractivity contribution in [1.29, 1.82) is 0 Å². The number of carbonyl (C=O) groups is 1. The molecule has 0 heterocycles. The van der Waals surface area contributed by atoms with Crippen molar-refractivity contribution < 1.29 is 22.7 Å². The van der Waals surface area contributed by atoms with Crippen LogP contribution in [0.2, 0.25) is 0 Å². The average Bonchev–Trinajstić information content (AvgIpc) is 2.28. The summed E-state index contributed by atoms with van der Waals surface area (Å²) >= 11 is 3.22. The van der Waals surface area contributed by atoms with Gasteiger partial charge >= 0.3 is 5.97 Å². The Balaban J connectivity index is 2.96. The largest absolute Gasteiger partial charge is 0.495 e. The molecule has 0 aliphatic carbocycles. The highest BCUT2D eigenvalue weighted by Gasteiger charge is 2.18. The Kier molecular flexibility index (Phi) is 4.97. The lowest BCUT2D eigenvalue weighted by atomic mass is 10.3. The Labute approximate surface area is 113 Å². The molecule has 1 rings (SSSR count). The number of methoxy groups -OCH3 is 2. The third-order valence-electron chi connectivity index (χ3n) is 1.96. The standard InChI is InChI=1S/C10H12BrNO5S/c1-16-9-4-3-7(11)5-8(9)12-18(14,15)6-10(13)17-2/h3-5,12H,6H2,1-2H3. The number of anilines is 1. The SMILES string of the molecule is COC(=O)CS(=O)(=O)Nc1cc(Br)ccc1OC. The minimum absolute atomic E-state index is 0.246. The number of benzene rings is 1. The van der Waals surface area contributed by atoms with Crippen molar-refractivity contribution in [2.45, 2.75) is 0 Å². The highest BCUT2D eigenvalue weighted by Crippen LogP contribution is 2.28. The van der Waals surface area contributed by atoms with Crippen LogP contribution in [0, 0.1) is 0 Å². The van der Waals surface area contributed by atoms with Crippen molar-refractivity contribution in [3.8, 4) is 5.75 Å². The topological polar surface area (TPSA) is 81.7 Å². The minimum Gasteiger partial charge on any atom is -0.495 e. The van der Waals surface area contributed by atoms with Crippen LogP contribution in [0.25, 0.3) is 0 Å². The molecule has 0 aliphatic heterocycles. The molecule has 0 atom stereocenters. The number of nitrogens with one attached hydrogen (secondary N) is 1. The summed E-state index contributed by atoms with van der Waals surface area (Å²) in [6.07, 6.45) is 0. The van der Waals surface area contributed by atoms with Gasteiger partial charge in [-0.15, -0.1) is 0 Å². The molecule has 1 aromatic carbocycles. The van der Waals surface area contributed by atoms with Crippen molar-refractivity contribution in [3.05, 3.63) is 22.7 Å². The number of ether oxygens (including phenoxy) is 2. The summed E-state index contributed by atoms with van der Waals surface area (Å²) in [7, 11) is -1.28. The lowest BCUT2D eigenvalue weighted by Crippen LogP contribution is -2.23. The van der Waals surface area contributed by atoms with E-state index < -0.39 is 21.7 Å². The first-order chi connectivity index (χ1) is 8.38. The van der Waals surface area contributed by atoms with Crippen molar-refractivity contribution in [3.63, 3.8) is 0 Å². The fourth-order valence-electron chi connectivity index (χ4n) is 1.18. The molecule has 100 valence electrons. The summed E-state index contributed by atoms with van der Waals surface area (Å²) in [5.74, 6) is -1.23. The normalized spacial score (nSPS) is 10.8. The smallest absolute Gasteiger partial charge is 0.322 e. The van der Waals surface area contributed by atoms with Crippen LogP contribution in [-0.2, 0) is 19.6 Å². The number of rotatable bonds is 5. The van der Waals surface area contributed by atoms with Gasteiger partial charge in [-0.3, -0.25) is 9.52 Å². The van der Waals surface area contributed by atoms with Gasteiger partial charge in [0, 0.05) is 4.47 Å². The molecular weight excluding hydrogens is 326 g/mol. The summed E-state index contributed by atoms with van der Waals surface area (Å²) < 4.78 is 35.6. The van der Waals surface area contributed by atoms with Crippen LogP contribution in [-0.4, -0.2) is 34.4 Å². The van der Waals surface area contributed by atoms with Crippen LogP contribution in [0.15, 0.2) is 22.7 Å². The fraction of sp³-hybridized carbons (Fsp3) is 0.300. The molecule has 0 saturated heterocycles. The molecule has 0 aromatic heterocycles. The molecule has 6 nitrogen and oxygen atoms in total. The lowest BCUT2D eigenvalue weighted by Gasteiger charge is -2.11. The molecule has 1 N–H and O–H groups in total. The molecule has 0 bridgehead atoms. The number of hydrogen-bond donors (Lipinski definition) is 1. The van der Waals surface area contributed by atoms with Gasteiger partial charge < -0.3 is 9.47 Å². The van der Waals surface area contributed by atoms with Gasteiger partial charge in [-0.25, -0.2) is 8.42 Å². The molecule has 0 radical (unpaired) electrons. The number of halogens is 1. The summed E-state index contributed by atoms with van der Waals surface area (Å²) in [5, 5.41) is 0. The van der Waals surface area contributed by atoms with Gasteiger partial charge in [-0.2, -0.15) is 0 Å². The van der Waals surface area contributed by atoms with Crippen molar-refractivity contribution >= 4 is 37.6 Å². The Morgan fingerprint density at radius 1 is 1.39 bits per heavy atom. The van der Waals surface area contributed by atoms with Crippen molar-refractivity contribution in [2.24, 2.45) is 0 Å². The predicted octanol–water partition coefficient (Wildman–Crippen LogP) is 1.37. The van der Waals surface area contributed by atoms with Crippen LogP contribution in [0.3, 0.4) is 0 Å². The van der Waals surface area contributed by atoms with E-state index in [0.29, 0.717) is 10.2 Å². The van der Waals surface area contributed by atoms with E-state index in [2.05, 4.69) is 25.4 Å². The molecule has 0 aliphatic rings. The van der Waals surface area contributed by atoms with Crippen LogP contribution < -0.4 is 9.46 Å². The lowest BCUT2D eigenvalue weighted by molar-refractivity contribution is -0.137. The Bertz CT molecular complexity index is 543. The molecule has 18 heavy (non-hydrogen) atoms. The van der Waals surface area contributed by atoms with E-state index in [1.807, 2.05) is 0 Å². The molecule has 8 heteroatoms. The molecule has 0 spiro atoms. The van der Waals surface area contributed by atoms with E-state index in [4.69, 9.17) is 4.74 Å². The summed E-state index contributed by atoms with van der Waals surface area (Å²) in [6, 6.07) is 4.84. The van der Waals surface area contributed by atoms with E-state index >= 15 is 0 Å². The van der Waals surface area contributed by atoms with Gasteiger partial charge in [0.1, 0.15) is 5.75 Å². The maximum absolute atomic E-state index is 11.7. The molecule has 0 amide bonds. The van der Waals surface area contributed by atoms with Crippen LogP contribution in [0.5, 0.6) is 5.75 Å². The number of sulfonamides is 1. The highest BCUT2D eigenvalue weighted by atomic mass is 79.9. The number of hydrogen-bond acceptors (Lipinski definition) is 5. The van der Waals surface area contributed by atoms with E-state index in [9.17, 15) is 13.2 Å². The number of esters is 1. The van der Waals surface area contributed by atoms with Crippen LogP contribution >= 0.6 is 15.9 Å². The maximum Gasteiger partial charge on any atom is 0.322 e. The first kappa shape index (κ1) is 14.8. The molecule has 1 aromatic rings. The zero-order valence-corrected chi connectivity index (χ0v) is 12.2. The average molecular weight is 338 g/mol. The zero-order valence-electron chi connectivity index (χ0n) is 9.77. The van der Waals surface area contributed by atoms with Gasteiger partial charge in [0.05, 0.1) is 19.9 Å². The quantitative estimate of drug-likeness (QED) is 0.820. The van der Waals surface area contributed by atoms with Gasteiger partial charge in [-0.1, -0.05) is 15.9 Å². The third kappa shape index (κ3) is 4.19. The van der Waals surface area contributed by atoms with E-state index in [-0.39, 0.29) is 5.69 Å². The molecular formula is C10H12BrNO5S. The second-order valence-electron chi connectivity index (χ2n) is 3.28. The van der Waals surface area contributed by atoms with E-state index in [1.165, 1.54) is 13.2 Å². The minimum atomic E-state index is -3.82. The van der Waals surface area contributed by atoms with Crippen molar-refractivity contribution in [2.75, 3.05) is 24.7 Å². The van der Waals surface area contributed by atoms with E-state index in [0.717, 1.165) is 7.11 Å². The second kappa shape index (κ2) is 6.05. The van der Waals surface area contributed by atoms with Gasteiger partial charge in [0.25, 0.3) is 0 Å². The summed E-state index contributed by atoms with van der Waals surface area (Å²) in [6.45, 7) is 0. The number of carbonyl (C=O) groups excluding carboxylic acids is 1. The van der Waals surface area contributed by atoms with Gasteiger partial charge in [-0.05, 0) is 18.2 Å². The van der Waals surface area contributed by atoms with Crippen molar-refractivity contribution in [1.82, 2.24) is 0 Å². The van der Waals surface area contributed by atoms with Gasteiger partial charge in [0.15, 0.2) is 5.75 Å². The fourth-order valence-corrected chi connectivity index (χ4v) is 2.53. The Hall–Kier alpha value is -1.28. The molecule has 0 unspecified atom stereocenters. The molecule has 0 fully saturated rings. The van der Waals surface area contributed by atoms with E-state index in [1.54, 1.807) is 12.1 Å². The first-order valence-corrected chi connectivity index (χ1v) is 7.23. The zero-order chi connectivity index (χ0) is 13.8. The first-order valence-electron chi connectivity index (χ1n) is 4.79.